The Bertz CT molecular complexity index is 464. The molecule has 1 aliphatic heterocycles. The minimum absolute atomic E-state index is 0.0103. The maximum Gasteiger partial charge on any atom is 0.459 e. The topological polar surface area (TPSA) is 18.5 Å². The van der Waals surface area contributed by atoms with Gasteiger partial charge in [-0.25, -0.2) is 0 Å². The van der Waals surface area contributed by atoms with Crippen molar-refractivity contribution in [3.05, 3.63) is 0 Å². The third kappa shape index (κ3) is 11.5. The summed E-state index contributed by atoms with van der Waals surface area (Å²) < 4.78 is 99.2. The summed E-state index contributed by atoms with van der Waals surface area (Å²) >= 11 is 0. The number of ether oxygens (including phenoxy) is 2. The summed E-state index contributed by atoms with van der Waals surface area (Å²) in [6.45, 7) is 1.56. The number of hydrogen-bond donors (Lipinski definition) is 0. The van der Waals surface area contributed by atoms with Crippen LogP contribution in [-0.4, -0.2) is 37.5 Å². The minimum Gasteiger partial charge on any atom is -0.353 e. The first-order valence-electron chi connectivity index (χ1n) is 12.1. The van der Waals surface area contributed by atoms with Gasteiger partial charge in [-0.05, 0) is 32.1 Å². The van der Waals surface area contributed by atoms with Crippen molar-refractivity contribution in [3.8, 4) is 0 Å². The fraction of sp³-hybridized carbons (Fsp3) is 1.00. The third-order valence-electron chi connectivity index (χ3n) is 5.89. The van der Waals surface area contributed by atoms with Crippen LogP contribution >= 0.6 is 0 Å². The predicted octanol–water partition coefficient (Wildman–Crippen LogP) is 8.82. The average Bonchev–Trinajstić information content (AvgIpc) is 2.73. The van der Waals surface area contributed by atoms with E-state index in [2.05, 4.69) is 0 Å². The largest absolute Gasteiger partial charge is 0.459 e. The SMILES string of the molecule is FC(F)(F)C(F)(F)C(F)(F)CCCCCCCCCCCCCCCOC1CCCCO1. The lowest BCUT2D eigenvalue weighted by molar-refractivity contribution is -0.355. The summed E-state index contributed by atoms with van der Waals surface area (Å²) in [5.74, 6) is -11.0. The third-order valence-corrected chi connectivity index (χ3v) is 5.89. The van der Waals surface area contributed by atoms with Gasteiger partial charge in [0.15, 0.2) is 6.29 Å². The van der Waals surface area contributed by atoms with Crippen molar-refractivity contribution < 1.29 is 40.2 Å². The van der Waals surface area contributed by atoms with Gasteiger partial charge in [-0.2, -0.15) is 30.7 Å². The molecule has 0 aliphatic carbocycles. The Hall–Kier alpha value is -0.570. The Morgan fingerprint density at radius 1 is 0.625 bits per heavy atom. The molecule has 192 valence electrons. The zero-order valence-electron chi connectivity index (χ0n) is 19.0. The molecule has 0 bridgehead atoms. The van der Waals surface area contributed by atoms with Crippen LogP contribution in [0, 0.1) is 0 Å². The van der Waals surface area contributed by atoms with Crippen LogP contribution in [0.15, 0.2) is 0 Å². The molecule has 1 atom stereocenters. The van der Waals surface area contributed by atoms with E-state index in [9.17, 15) is 30.7 Å². The Kier molecular flexibility index (Phi) is 14.1. The van der Waals surface area contributed by atoms with Gasteiger partial charge >= 0.3 is 18.0 Å². The van der Waals surface area contributed by atoms with E-state index in [4.69, 9.17) is 9.47 Å². The minimum atomic E-state index is -6.23. The average molecular weight is 481 g/mol. The molecule has 32 heavy (non-hydrogen) atoms. The maximum absolute atomic E-state index is 13.2. The fourth-order valence-corrected chi connectivity index (χ4v) is 3.82. The summed E-state index contributed by atoms with van der Waals surface area (Å²) in [5, 5.41) is 0. The zero-order chi connectivity index (χ0) is 23.9. The predicted molar refractivity (Wildman–Crippen MR) is 110 cm³/mol. The van der Waals surface area contributed by atoms with E-state index < -0.39 is 24.4 Å². The van der Waals surface area contributed by atoms with Crippen molar-refractivity contribution in [1.82, 2.24) is 0 Å². The number of rotatable bonds is 18. The van der Waals surface area contributed by atoms with E-state index in [1.54, 1.807) is 0 Å². The van der Waals surface area contributed by atoms with Gasteiger partial charge < -0.3 is 9.47 Å². The van der Waals surface area contributed by atoms with Crippen molar-refractivity contribution >= 4 is 0 Å². The molecule has 0 N–H and O–H groups in total. The maximum atomic E-state index is 13.2. The molecule has 0 aromatic carbocycles. The molecule has 0 aromatic rings. The first-order chi connectivity index (χ1) is 15.1. The van der Waals surface area contributed by atoms with Gasteiger partial charge in [0.1, 0.15) is 0 Å². The standard InChI is InChI=1S/C23H39F7O2/c24-21(25,22(26,27)23(28,29)30)17-13-10-8-6-4-2-1-3-5-7-9-11-14-18-31-20-16-12-15-19-32-20/h20H,1-19H2. The number of halogens is 7. The number of hydrogen-bond acceptors (Lipinski definition) is 2. The molecule has 1 heterocycles. The van der Waals surface area contributed by atoms with Crippen LogP contribution in [0.1, 0.15) is 109 Å². The van der Waals surface area contributed by atoms with E-state index >= 15 is 0 Å². The molecule has 0 radical (unpaired) electrons. The molecule has 1 saturated heterocycles. The molecule has 9 heteroatoms. The summed E-state index contributed by atoms with van der Waals surface area (Å²) in [5.41, 5.74) is 0. The zero-order valence-corrected chi connectivity index (χ0v) is 19.0. The Labute approximate surface area is 187 Å². The molecule has 1 fully saturated rings. The van der Waals surface area contributed by atoms with Gasteiger partial charge in [0.25, 0.3) is 0 Å². The van der Waals surface area contributed by atoms with Crippen LogP contribution in [0.5, 0.6) is 0 Å². The van der Waals surface area contributed by atoms with Crippen LogP contribution in [-0.2, 0) is 9.47 Å². The number of alkyl halides is 7. The Morgan fingerprint density at radius 2 is 1.09 bits per heavy atom. The van der Waals surface area contributed by atoms with Gasteiger partial charge in [-0.3, -0.25) is 0 Å². The smallest absolute Gasteiger partial charge is 0.353 e. The van der Waals surface area contributed by atoms with Crippen LogP contribution in [0.4, 0.5) is 30.7 Å². The van der Waals surface area contributed by atoms with E-state index in [-0.39, 0.29) is 19.1 Å². The van der Waals surface area contributed by atoms with Crippen molar-refractivity contribution in [2.24, 2.45) is 0 Å². The summed E-state index contributed by atoms with van der Waals surface area (Å²) in [4.78, 5) is 0. The van der Waals surface area contributed by atoms with Gasteiger partial charge in [0, 0.05) is 19.6 Å². The van der Waals surface area contributed by atoms with Crippen LogP contribution in [0.25, 0.3) is 0 Å². The van der Waals surface area contributed by atoms with Gasteiger partial charge in [-0.1, -0.05) is 70.6 Å². The first kappa shape index (κ1) is 29.5. The van der Waals surface area contributed by atoms with Crippen LogP contribution in [0.2, 0.25) is 0 Å². The number of unbranched alkanes of at least 4 members (excludes halogenated alkanes) is 12. The monoisotopic (exact) mass is 480 g/mol. The van der Waals surface area contributed by atoms with Crippen LogP contribution < -0.4 is 0 Å². The van der Waals surface area contributed by atoms with Crippen molar-refractivity contribution in [2.45, 2.75) is 133 Å². The summed E-state index contributed by atoms with van der Waals surface area (Å²) in [6.07, 6.45) is 6.83. The van der Waals surface area contributed by atoms with Crippen LogP contribution in [0.3, 0.4) is 0 Å². The lowest BCUT2D eigenvalue weighted by Crippen LogP contribution is -2.51. The molecule has 0 aromatic heterocycles. The molecular formula is C23H39F7O2. The highest BCUT2D eigenvalue weighted by molar-refractivity contribution is 4.90. The Morgan fingerprint density at radius 3 is 1.53 bits per heavy atom. The summed E-state index contributed by atoms with van der Waals surface area (Å²) in [6, 6.07) is 0. The van der Waals surface area contributed by atoms with E-state index in [0.717, 1.165) is 71.0 Å². The molecule has 0 saturated carbocycles. The first-order valence-corrected chi connectivity index (χ1v) is 12.1. The van der Waals surface area contributed by atoms with Crippen molar-refractivity contribution in [3.63, 3.8) is 0 Å². The van der Waals surface area contributed by atoms with E-state index in [0.29, 0.717) is 6.42 Å². The van der Waals surface area contributed by atoms with Crippen molar-refractivity contribution in [2.75, 3.05) is 13.2 Å². The quantitative estimate of drug-likeness (QED) is 0.144. The van der Waals surface area contributed by atoms with Gasteiger partial charge in [0.2, 0.25) is 0 Å². The molecule has 0 amide bonds. The second kappa shape index (κ2) is 15.4. The highest BCUT2D eigenvalue weighted by Gasteiger charge is 2.72. The lowest BCUT2D eigenvalue weighted by atomic mass is 10.0. The van der Waals surface area contributed by atoms with Gasteiger partial charge in [-0.15, -0.1) is 0 Å². The van der Waals surface area contributed by atoms with Crippen molar-refractivity contribution in [1.29, 1.82) is 0 Å². The highest BCUT2D eigenvalue weighted by atomic mass is 19.4. The lowest BCUT2D eigenvalue weighted by Gasteiger charge is -2.28. The summed E-state index contributed by atoms with van der Waals surface area (Å²) in [7, 11) is 0. The molecular weight excluding hydrogens is 441 g/mol. The fourth-order valence-electron chi connectivity index (χ4n) is 3.82. The molecule has 0 spiro atoms. The second-order valence-electron chi connectivity index (χ2n) is 8.79. The van der Waals surface area contributed by atoms with E-state index in [1.807, 2.05) is 0 Å². The molecule has 1 unspecified atom stereocenters. The molecule has 1 rings (SSSR count). The van der Waals surface area contributed by atoms with E-state index in [1.165, 1.54) is 25.7 Å². The molecule has 2 nitrogen and oxygen atoms in total. The normalized spacial score (nSPS) is 18.3. The highest BCUT2D eigenvalue weighted by Crippen LogP contribution is 2.48. The Balaban J connectivity index is 1.84. The molecule has 1 aliphatic rings. The van der Waals surface area contributed by atoms with Gasteiger partial charge in [0.05, 0.1) is 0 Å². The second-order valence-corrected chi connectivity index (χ2v) is 8.79.